The maximum absolute atomic E-state index is 13.3. The van der Waals surface area contributed by atoms with Crippen LogP contribution in [0, 0.1) is 0 Å². The van der Waals surface area contributed by atoms with Gasteiger partial charge in [-0.05, 0) is 30.4 Å². The molecule has 2 aliphatic rings. The molecule has 0 radical (unpaired) electrons. The highest BCUT2D eigenvalue weighted by atomic mass is 19.4. The molecule has 2 aliphatic heterocycles. The van der Waals surface area contributed by atoms with Crippen LogP contribution >= 0.6 is 0 Å². The molecule has 2 aromatic rings. The summed E-state index contributed by atoms with van der Waals surface area (Å²) < 4.78 is 41.6. The highest BCUT2D eigenvalue weighted by Gasteiger charge is 2.37. The molecule has 4 rings (SSSR count). The summed E-state index contributed by atoms with van der Waals surface area (Å²) in [5, 5.41) is 8.10. The smallest absolute Gasteiger partial charge is 0.336 e. The number of benzene rings is 1. The fraction of sp³-hybridized carbons (Fsp3) is 0.500. The first-order chi connectivity index (χ1) is 14.3. The Morgan fingerprint density at radius 1 is 1.03 bits per heavy atom. The Bertz CT molecular complexity index is 964. The molecule has 3 heterocycles. The monoisotopic (exact) mass is 421 g/mol. The molecule has 30 heavy (non-hydrogen) atoms. The van der Waals surface area contributed by atoms with E-state index in [0.29, 0.717) is 44.7 Å². The third-order valence-electron chi connectivity index (χ3n) is 5.87. The lowest BCUT2D eigenvalue weighted by Crippen LogP contribution is -2.42. The third kappa shape index (κ3) is 3.78. The molecule has 2 amide bonds. The first-order valence-corrected chi connectivity index (χ1v) is 9.88. The van der Waals surface area contributed by atoms with Crippen molar-refractivity contribution in [2.24, 2.45) is 0 Å². The largest absolute Gasteiger partial charge is 0.416 e. The van der Waals surface area contributed by atoms with E-state index in [1.54, 1.807) is 20.4 Å². The van der Waals surface area contributed by atoms with Crippen molar-refractivity contribution in [3.63, 3.8) is 0 Å². The van der Waals surface area contributed by atoms with Crippen LogP contribution in [0.15, 0.2) is 24.3 Å². The fourth-order valence-corrected chi connectivity index (χ4v) is 4.21. The number of amides is 2. The Morgan fingerprint density at radius 2 is 1.73 bits per heavy atom. The van der Waals surface area contributed by atoms with Crippen LogP contribution < -0.4 is 0 Å². The first kappa shape index (κ1) is 20.4. The van der Waals surface area contributed by atoms with E-state index in [2.05, 4.69) is 10.2 Å². The molecule has 1 aromatic heterocycles. The van der Waals surface area contributed by atoms with Crippen molar-refractivity contribution >= 4 is 11.8 Å². The molecule has 7 nitrogen and oxygen atoms in total. The van der Waals surface area contributed by atoms with Crippen LogP contribution in [0.5, 0.6) is 0 Å². The fourth-order valence-electron chi connectivity index (χ4n) is 4.21. The van der Waals surface area contributed by atoms with Gasteiger partial charge in [-0.3, -0.25) is 14.2 Å². The lowest BCUT2D eigenvalue weighted by molar-refractivity contribution is -0.138. The SMILES string of the molecule is CC(=O)N1CCc2nnc(C(=O)N3CCC(c4ccccc4C(F)(F)F)CC3)n2C1. The topological polar surface area (TPSA) is 71.3 Å². The molecular weight excluding hydrogens is 399 g/mol. The minimum absolute atomic E-state index is 0.0862. The van der Waals surface area contributed by atoms with Crippen molar-refractivity contribution in [2.75, 3.05) is 19.6 Å². The van der Waals surface area contributed by atoms with Gasteiger partial charge in [0.2, 0.25) is 11.7 Å². The van der Waals surface area contributed by atoms with Gasteiger partial charge in [-0.2, -0.15) is 13.2 Å². The average molecular weight is 421 g/mol. The summed E-state index contributed by atoms with van der Waals surface area (Å²) in [6.07, 6.45) is -2.98. The van der Waals surface area contributed by atoms with Crippen molar-refractivity contribution < 1.29 is 22.8 Å². The molecular formula is C20H22F3N5O2. The summed E-state index contributed by atoms with van der Waals surface area (Å²) in [5.41, 5.74) is -0.320. The number of hydrogen-bond donors (Lipinski definition) is 0. The van der Waals surface area contributed by atoms with E-state index >= 15 is 0 Å². The summed E-state index contributed by atoms with van der Waals surface area (Å²) in [5.74, 6) is 0.181. The predicted octanol–water partition coefficient (Wildman–Crippen LogP) is 2.68. The Morgan fingerprint density at radius 3 is 2.40 bits per heavy atom. The number of fused-ring (bicyclic) bond motifs is 1. The number of piperidine rings is 1. The molecule has 1 fully saturated rings. The molecule has 0 aliphatic carbocycles. The van der Waals surface area contributed by atoms with Crippen LogP contribution in [-0.2, 0) is 24.1 Å². The number of rotatable bonds is 2. The highest BCUT2D eigenvalue weighted by Crippen LogP contribution is 2.38. The Labute approximate surface area is 171 Å². The third-order valence-corrected chi connectivity index (χ3v) is 5.87. The van der Waals surface area contributed by atoms with Gasteiger partial charge in [0.05, 0.1) is 5.56 Å². The number of carbonyl (C=O) groups excluding carboxylic acids is 2. The zero-order chi connectivity index (χ0) is 21.5. The maximum Gasteiger partial charge on any atom is 0.416 e. The van der Waals surface area contributed by atoms with Gasteiger partial charge in [0, 0.05) is 33.0 Å². The second-order valence-electron chi connectivity index (χ2n) is 7.69. The zero-order valence-electron chi connectivity index (χ0n) is 16.5. The van der Waals surface area contributed by atoms with Gasteiger partial charge in [0.25, 0.3) is 5.91 Å². The predicted molar refractivity (Wildman–Crippen MR) is 100 cm³/mol. The van der Waals surface area contributed by atoms with Gasteiger partial charge in [0.1, 0.15) is 12.5 Å². The zero-order valence-corrected chi connectivity index (χ0v) is 16.5. The summed E-state index contributed by atoms with van der Waals surface area (Å²) in [6.45, 7) is 2.92. The van der Waals surface area contributed by atoms with Crippen molar-refractivity contribution in [2.45, 2.75) is 44.9 Å². The lowest BCUT2D eigenvalue weighted by Gasteiger charge is -2.33. The van der Waals surface area contributed by atoms with E-state index in [9.17, 15) is 22.8 Å². The number of halogens is 3. The van der Waals surface area contributed by atoms with Crippen molar-refractivity contribution in [1.29, 1.82) is 0 Å². The number of nitrogens with zero attached hydrogens (tertiary/aromatic N) is 5. The molecule has 10 heteroatoms. The Balaban J connectivity index is 1.47. The lowest BCUT2D eigenvalue weighted by atomic mass is 9.86. The van der Waals surface area contributed by atoms with Crippen molar-refractivity contribution in [3.05, 3.63) is 47.0 Å². The second kappa shape index (κ2) is 7.73. The number of aromatic nitrogens is 3. The van der Waals surface area contributed by atoms with Gasteiger partial charge in [0.15, 0.2) is 0 Å². The quantitative estimate of drug-likeness (QED) is 0.748. The average Bonchev–Trinajstić information content (AvgIpc) is 3.16. The second-order valence-corrected chi connectivity index (χ2v) is 7.69. The number of likely N-dealkylation sites (tertiary alicyclic amines) is 1. The molecule has 0 atom stereocenters. The van der Waals surface area contributed by atoms with E-state index in [1.165, 1.54) is 19.1 Å². The first-order valence-electron chi connectivity index (χ1n) is 9.88. The van der Waals surface area contributed by atoms with Gasteiger partial charge in [-0.1, -0.05) is 18.2 Å². The van der Waals surface area contributed by atoms with Crippen LogP contribution in [0.1, 0.15) is 53.3 Å². The molecule has 0 spiro atoms. The number of alkyl halides is 3. The Kier molecular flexibility index (Phi) is 5.25. The molecule has 1 saturated heterocycles. The van der Waals surface area contributed by atoms with E-state index in [-0.39, 0.29) is 35.8 Å². The summed E-state index contributed by atoms with van der Waals surface area (Å²) in [7, 11) is 0. The van der Waals surface area contributed by atoms with Crippen LogP contribution in [0.4, 0.5) is 13.2 Å². The van der Waals surface area contributed by atoms with Crippen LogP contribution in [0.25, 0.3) is 0 Å². The van der Waals surface area contributed by atoms with E-state index in [1.807, 2.05) is 0 Å². The van der Waals surface area contributed by atoms with Crippen LogP contribution in [0.3, 0.4) is 0 Å². The maximum atomic E-state index is 13.3. The molecule has 160 valence electrons. The minimum Gasteiger partial charge on any atom is -0.336 e. The van der Waals surface area contributed by atoms with Crippen LogP contribution in [-0.4, -0.2) is 56.0 Å². The highest BCUT2D eigenvalue weighted by molar-refractivity contribution is 5.91. The summed E-state index contributed by atoms with van der Waals surface area (Å²) in [4.78, 5) is 27.9. The van der Waals surface area contributed by atoms with Crippen molar-refractivity contribution in [3.8, 4) is 0 Å². The molecule has 0 unspecified atom stereocenters. The summed E-state index contributed by atoms with van der Waals surface area (Å²) in [6, 6.07) is 5.64. The van der Waals surface area contributed by atoms with Crippen LogP contribution in [0.2, 0.25) is 0 Å². The molecule has 0 N–H and O–H groups in total. The van der Waals surface area contributed by atoms with Gasteiger partial charge >= 0.3 is 6.18 Å². The van der Waals surface area contributed by atoms with E-state index < -0.39 is 11.7 Å². The van der Waals surface area contributed by atoms with Gasteiger partial charge < -0.3 is 9.80 Å². The number of carbonyl (C=O) groups is 2. The van der Waals surface area contributed by atoms with Gasteiger partial charge in [-0.15, -0.1) is 10.2 Å². The van der Waals surface area contributed by atoms with Gasteiger partial charge in [-0.25, -0.2) is 0 Å². The molecule has 0 saturated carbocycles. The normalized spacial score (nSPS) is 17.7. The standard InChI is InChI=1S/C20H22F3N5O2/c1-13(29)27-11-8-17-24-25-18(28(17)12-27)19(30)26-9-6-14(7-10-26)15-4-2-3-5-16(15)20(21,22)23/h2-5,14H,6-12H2,1H3. The Hall–Kier alpha value is -2.91. The molecule has 1 aromatic carbocycles. The van der Waals surface area contributed by atoms with E-state index in [0.717, 1.165) is 6.07 Å². The number of hydrogen-bond acceptors (Lipinski definition) is 4. The van der Waals surface area contributed by atoms with E-state index in [4.69, 9.17) is 0 Å². The molecule has 0 bridgehead atoms. The summed E-state index contributed by atoms with van der Waals surface area (Å²) >= 11 is 0. The minimum atomic E-state index is -4.40. The van der Waals surface area contributed by atoms with Crippen molar-refractivity contribution in [1.82, 2.24) is 24.6 Å².